The Morgan fingerprint density at radius 2 is 1.88 bits per heavy atom. The van der Waals surface area contributed by atoms with E-state index in [1.54, 1.807) is 37.6 Å². The standard InChI is InChI=1S/C33H36ClN3O5/c1-3-4-17-42-30-16-13-24(19-27(30)33(39)40)28(20-31-35-21-29(36-31)23-8-6-9-25(34)18-23)37-32(38)10-5-7-22-11-14-26(41-2)15-12-22/h6,8-9,11-16,18-19,21,28H,3-5,7,10,17,20H2,1-2H3,(H,35,36)(H,37,38)(H,39,40). The summed E-state index contributed by atoms with van der Waals surface area (Å²) in [6.45, 7) is 2.48. The van der Waals surface area contributed by atoms with Crippen molar-refractivity contribution in [1.82, 2.24) is 15.3 Å². The summed E-state index contributed by atoms with van der Waals surface area (Å²) in [6.07, 6.45) is 5.54. The molecule has 3 aromatic carbocycles. The zero-order chi connectivity index (χ0) is 29.9. The minimum atomic E-state index is -1.09. The topological polar surface area (TPSA) is 114 Å². The molecule has 0 saturated heterocycles. The Bertz CT molecular complexity index is 1490. The smallest absolute Gasteiger partial charge is 0.339 e. The molecule has 9 heteroatoms. The van der Waals surface area contributed by atoms with E-state index in [0.29, 0.717) is 48.0 Å². The number of rotatable bonds is 15. The quantitative estimate of drug-likeness (QED) is 0.128. The van der Waals surface area contributed by atoms with Crippen molar-refractivity contribution >= 4 is 23.5 Å². The van der Waals surface area contributed by atoms with Crippen molar-refractivity contribution < 1.29 is 24.2 Å². The van der Waals surface area contributed by atoms with E-state index in [1.807, 2.05) is 49.4 Å². The molecule has 3 N–H and O–H groups in total. The summed E-state index contributed by atoms with van der Waals surface area (Å²) in [5.74, 6) is 0.530. The van der Waals surface area contributed by atoms with Gasteiger partial charge in [0.05, 0.1) is 31.6 Å². The highest BCUT2D eigenvalue weighted by Gasteiger charge is 2.21. The minimum absolute atomic E-state index is 0.0569. The van der Waals surface area contributed by atoms with Crippen LogP contribution in [0, 0.1) is 0 Å². The number of nitrogens with one attached hydrogen (secondary N) is 2. The molecular formula is C33H36ClN3O5. The van der Waals surface area contributed by atoms with Gasteiger partial charge in [-0.1, -0.05) is 55.3 Å². The van der Waals surface area contributed by atoms with Gasteiger partial charge in [0.2, 0.25) is 5.91 Å². The number of methoxy groups -OCH3 is 1. The van der Waals surface area contributed by atoms with Gasteiger partial charge in [0.25, 0.3) is 0 Å². The van der Waals surface area contributed by atoms with Gasteiger partial charge < -0.3 is 24.9 Å². The van der Waals surface area contributed by atoms with Crippen molar-refractivity contribution in [2.75, 3.05) is 13.7 Å². The lowest BCUT2D eigenvalue weighted by atomic mass is 9.99. The first-order valence-electron chi connectivity index (χ1n) is 14.1. The van der Waals surface area contributed by atoms with Crippen LogP contribution in [0.4, 0.5) is 0 Å². The van der Waals surface area contributed by atoms with Gasteiger partial charge in [-0.3, -0.25) is 4.79 Å². The fourth-order valence-corrected chi connectivity index (χ4v) is 4.80. The van der Waals surface area contributed by atoms with Crippen LogP contribution in [0.25, 0.3) is 11.3 Å². The highest BCUT2D eigenvalue weighted by molar-refractivity contribution is 6.30. The van der Waals surface area contributed by atoms with Crippen molar-refractivity contribution in [3.05, 3.63) is 100 Å². The highest BCUT2D eigenvalue weighted by Crippen LogP contribution is 2.27. The van der Waals surface area contributed by atoms with Crippen LogP contribution < -0.4 is 14.8 Å². The maximum atomic E-state index is 13.1. The van der Waals surface area contributed by atoms with Crippen LogP contribution in [0.5, 0.6) is 11.5 Å². The Labute approximate surface area is 251 Å². The predicted molar refractivity (Wildman–Crippen MR) is 163 cm³/mol. The van der Waals surface area contributed by atoms with Crippen LogP contribution in [0.3, 0.4) is 0 Å². The van der Waals surface area contributed by atoms with Gasteiger partial charge in [0.1, 0.15) is 22.9 Å². The van der Waals surface area contributed by atoms with E-state index in [-0.39, 0.29) is 11.5 Å². The molecule has 0 aliphatic carbocycles. The third kappa shape index (κ3) is 8.60. The monoisotopic (exact) mass is 589 g/mol. The van der Waals surface area contributed by atoms with E-state index < -0.39 is 12.0 Å². The summed E-state index contributed by atoms with van der Waals surface area (Å²) >= 11 is 6.16. The van der Waals surface area contributed by atoms with E-state index in [0.717, 1.165) is 41.8 Å². The number of hydrogen-bond acceptors (Lipinski definition) is 5. The SMILES string of the molecule is CCCCOc1ccc(C(Cc2ncc(-c3cccc(Cl)c3)[nH]2)NC(=O)CCCc2ccc(OC)cc2)cc1C(=O)O. The average molecular weight is 590 g/mol. The molecule has 1 unspecified atom stereocenters. The number of amides is 1. The number of aromatic amines is 1. The summed E-state index contributed by atoms with van der Waals surface area (Å²) < 4.78 is 11.0. The number of nitrogens with zero attached hydrogens (tertiary/aromatic N) is 1. The number of hydrogen-bond donors (Lipinski definition) is 3. The second-order valence-electron chi connectivity index (χ2n) is 10.0. The first kappa shape index (κ1) is 30.7. The van der Waals surface area contributed by atoms with E-state index in [1.165, 1.54) is 0 Å². The molecule has 1 aromatic heterocycles. The molecule has 0 aliphatic rings. The molecule has 0 aliphatic heterocycles. The summed E-state index contributed by atoms with van der Waals surface area (Å²) in [7, 11) is 1.63. The largest absolute Gasteiger partial charge is 0.497 e. The number of H-pyrrole nitrogens is 1. The third-order valence-electron chi connectivity index (χ3n) is 6.92. The van der Waals surface area contributed by atoms with Crippen molar-refractivity contribution in [1.29, 1.82) is 0 Å². The maximum Gasteiger partial charge on any atom is 0.339 e. The Hall–Kier alpha value is -4.30. The molecule has 42 heavy (non-hydrogen) atoms. The number of aromatic carboxylic acids is 1. The van der Waals surface area contributed by atoms with Crippen LogP contribution in [0.2, 0.25) is 5.02 Å². The molecule has 0 saturated carbocycles. The average Bonchev–Trinajstić information content (AvgIpc) is 3.46. The molecule has 1 atom stereocenters. The van der Waals surface area contributed by atoms with Gasteiger partial charge in [-0.05, 0) is 66.8 Å². The number of carbonyl (C=O) groups is 2. The Morgan fingerprint density at radius 1 is 1.07 bits per heavy atom. The fourth-order valence-electron chi connectivity index (χ4n) is 4.61. The van der Waals surface area contributed by atoms with E-state index in [4.69, 9.17) is 21.1 Å². The lowest BCUT2D eigenvalue weighted by Gasteiger charge is -2.20. The van der Waals surface area contributed by atoms with Gasteiger partial charge in [-0.15, -0.1) is 0 Å². The maximum absolute atomic E-state index is 13.1. The van der Waals surface area contributed by atoms with E-state index >= 15 is 0 Å². The minimum Gasteiger partial charge on any atom is -0.497 e. The van der Waals surface area contributed by atoms with Gasteiger partial charge in [-0.2, -0.15) is 0 Å². The molecule has 0 spiro atoms. The van der Waals surface area contributed by atoms with E-state index in [9.17, 15) is 14.7 Å². The van der Waals surface area contributed by atoms with Crippen LogP contribution in [0.1, 0.15) is 66.0 Å². The van der Waals surface area contributed by atoms with Crippen LogP contribution in [-0.2, 0) is 17.6 Å². The number of benzene rings is 3. The number of imidazole rings is 1. The lowest BCUT2D eigenvalue weighted by Crippen LogP contribution is -2.30. The zero-order valence-corrected chi connectivity index (χ0v) is 24.6. The number of carbonyl (C=O) groups excluding carboxylic acids is 1. The van der Waals surface area contributed by atoms with Crippen LogP contribution >= 0.6 is 11.6 Å². The number of unbranched alkanes of at least 4 members (excludes halogenated alkanes) is 1. The molecule has 0 radical (unpaired) electrons. The number of halogens is 1. The third-order valence-corrected chi connectivity index (χ3v) is 7.15. The molecular weight excluding hydrogens is 554 g/mol. The number of carboxylic acids is 1. The molecule has 1 amide bonds. The molecule has 0 bridgehead atoms. The van der Waals surface area contributed by atoms with E-state index in [2.05, 4.69) is 15.3 Å². The first-order valence-corrected chi connectivity index (χ1v) is 14.5. The summed E-state index contributed by atoms with van der Waals surface area (Å²) in [6, 6.07) is 19.8. The second kappa shape index (κ2) is 15.1. The zero-order valence-electron chi connectivity index (χ0n) is 23.9. The van der Waals surface area contributed by atoms with Crippen LogP contribution in [0.15, 0.2) is 72.9 Å². The van der Waals surface area contributed by atoms with Crippen molar-refractivity contribution in [3.8, 4) is 22.8 Å². The first-order chi connectivity index (χ1) is 20.4. The van der Waals surface area contributed by atoms with Crippen LogP contribution in [-0.4, -0.2) is 40.7 Å². The lowest BCUT2D eigenvalue weighted by molar-refractivity contribution is -0.121. The van der Waals surface area contributed by atoms with Gasteiger partial charge in [0, 0.05) is 23.4 Å². The molecule has 4 rings (SSSR count). The summed E-state index contributed by atoms with van der Waals surface area (Å²) in [5, 5.41) is 13.6. The van der Waals surface area contributed by atoms with Gasteiger partial charge in [-0.25, -0.2) is 9.78 Å². The summed E-state index contributed by atoms with van der Waals surface area (Å²) in [4.78, 5) is 33.1. The number of aromatic nitrogens is 2. The molecule has 8 nitrogen and oxygen atoms in total. The normalized spacial score (nSPS) is 11.6. The molecule has 220 valence electrons. The molecule has 1 heterocycles. The Balaban J connectivity index is 1.52. The Kier molecular flexibility index (Phi) is 11.0. The highest BCUT2D eigenvalue weighted by atomic mass is 35.5. The Morgan fingerprint density at radius 3 is 2.60 bits per heavy atom. The number of aryl methyl sites for hydroxylation is 1. The van der Waals surface area contributed by atoms with Crippen molar-refractivity contribution in [2.24, 2.45) is 0 Å². The van der Waals surface area contributed by atoms with Gasteiger partial charge >= 0.3 is 5.97 Å². The number of ether oxygens (including phenoxy) is 2. The second-order valence-corrected chi connectivity index (χ2v) is 10.5. The predicted octanol–water partition coefficient (Wildman–Crippen LogP) is 7.04. The summed E-state index contributed by atoms with van der Waals surface area (Å²) in [5.41, 5.74) is 3.51. The van der Waals surface area contributed by atoms with Gasteiger partial charge in [0.15, 0.2) is 0 Å². The molecule has 4 aromatic rings. The molecule has 0 fully saturated rings. The fraction of sp³-hybridized carbons (Fsp3) is 0.303. The number of carboxylic acid groups (broad SMARTS) is 1. The van der Waals surface area contributed by atoms with Crippen molar-refractivity contribution in [2.45, 2.75) is 51.5 Å². The van der Waals surface area contributed by atoms with Crippen molar-refractivity contribution in [3.63, 3.8) is 0 Å².